The van der Waals surface area contributed by atoms with E-state index in [1.165, 1.54) is 0 Å². The first-order valence-corrected chi connectivity index (χ1v) is 4.91. The molecule has 0 aromatic heterocycles. The van der Waals surface area contributed by atoms with Gasteiger partial charge in [-0.25, -0.2) is 0 Å². The van der Waals surface area contributed by atoms with E-state index in [0.717, 1.165) is 5.56 Å². The standard InChI is InChI=1S/C11H12F3NO2/c1-7-3-2-4-8(5-7)15-6-9(10(16)17)11(12,13)14/h2-5,9,15H,6H2,1H3,(H,16,17). The van der Waals surface area contributed by atoms with Gasteiger partial charge in [0.15, 0.2) is 5.92 Å². The van der Waals surface area contributed by atoms with Gasteiger partial charge < -0.3 is 10.4 Å². The first-order valence-electron chi connectivity index (χ1n) is 4.91. The smallest absolute Gasteiger partial charge is 0.403 e. The number of benzene rings is 1. The van der Waals surface area contributed by atoms with Crippen molar-refractivity contribution in [1.29, 1.82) is 0 Å². The van der Waals surface area contributed by atoms with Gasteiger partial charge in [0.1, 0.15) is 0 Å². The van der Waals surface area contributed by atoms with Crippen molar-refractivity contribution in [1.82, 2.24) is 0 Å². The summed E-state index contributed by atoms with van der Waals surface area (Å²) in [5, 5.41) is 11.0. The Hall–Kier alpha value is -1.72. The molecule has 0 aliphatic heterocycles. The molecule has 0 bridgehead atoms. The van der Waals surface area contributed by atoms with Crippen molar-refractivity contribution >= 4 is 11.7 Å². The average molecular weight is 247 g/mol. The van der Waals surface area contributed by atoms with Crippen molar-refractivity contribution in [3.63, 3.8) is 0 Å². The van der Waals surface area contributed by atoms with Gasteiger partial charge in [0.25, 0.3) is 0 Å². The van der Waals surface area contributed by atoms with Crippen molar-refractivity contribution < 1.29 is 23.1 Å². The molecular weight excluding hydrogens is 235 g/mol. The lowest BCUT2D eigenvalue weighted by Crippen LogP contribution is -2.36. The lowest BCUT2D eigenvalue weighted by atomic mass is 10.1. The molecule has 1 aromatic carbocycles. The maximum Gasteiger partial charge on any atom is 0.403 e. The molecule has 0 radical (unpaired) electrons. The molecule has 94 valence electrons. The van der Waals surface area contributed by atoms with E-state index in [0.29, 0.717) is 5.69 Å². The molecule has 0 amide bonds. The second kappa shape index (κ2) is 5.07. The van der Waals surface area contributed by atoms with E-state index in [1.54, 1.807) is 31.2 Å². The van der Waals surface area contributed by atoms with Gasteiger partial charge in [-0.15, -0.1) is 0 Å². The molecule has 0 aliphatic rings. The van der Waals surface area contributed by atoms with Gasteiger partial charge in [0.2, 0.25) is 0 Å². The van der Waals surface area contributed by atoms with E-state index in [2.05, 4.69) is 5.32 Å². The Labute approximate surface area is 96.3 Å². The van der Waals surface area contributed by atoms with Gasteiger partial charge in [-0.3, -0.25) is 4.79 Å². The SMILES string of the molecule is Cc1cccc(NCC(C(=O)O)C(F)(F)F)c1. The topological polar surface area (TPSA) is 49.3 Å². The summed E-state index contributed by atoms with van der Waals surface area (Å²) in [5.41, 5.74) is 1.36. The molecule has 6 heteroatoms. The molecule has 0 aliphatic carbocycles. The van der Waals surface area contributed by atoms with E-state index in [9.17, 15) is 18.0 Å². The zero-order valence-corrected chi connectivity index (χ0v) is 9.08. The zero-order chi connectivity index (χ0) is 13.1. The molecule has 3 nitrogen and oxygen atoms in total. The van der Waals surface area contributed by atoms with Crippen LogP contribution in [0.3, 0.4) is 0 Å². The van der Waals surface area contributed by atoms with Crippen molar-refractivity contribution in [3.8, 4) is 0 Å². The summed E-state index contributed by atoms with van der Waals surface area (Å²) in [6.07, 6.45) is -4.75. The number of anilines is 1. The second-order valence-corrected chi connectivity index (χ2v) is 3.68. The maximum atomic E-state index is 12.3. The summed E-state index contributed by atoms with van der Waals surface area (Å²) in [7, 11) is 0. The van der Waals surface area contributed by atoms with Crippen LogP contribution in [-0.4, -0.2) is 23.8 Å². The number of hydrogen-bond donors (Lipinski definition) is 2. The van der Waals surface area contributed by atoms with E-state index in [4.69, 9.17) is 5.11 Å². The highest BCUT2D eigenvalue weighted by Crippen LogP contribution is 2.26. The Bertz CT molecular complexity index is 404. The predicted molar refractivity (Wildman–Crippen MR) is 56.8 cm³/mol. The summed E-state index contributed by atoms with van der Waals surface area (Å²) < 4.78 is 37.0. The van der Waals surface area contributed by atoms with Gasteiger partial charge in [-0.1, -0.05) is 12.1 Å². The summed E-state index contributed by atoms with van der Waals surface area (Å²) in [4.78, 5) is 10.5. The Morgan fingerprint density at radius 3 is 2.59 bits per heavy atom. The van der Waals surface area contributed by atoms with Crippen LogP contribution in [0.5, 0.6) is 0 Å². The fraction of sp³-hybridized carbons (Fsp3) is 0.364. The highest BCUT2D eigenvalue weighted by atomic mass is 19.4. The number of carbonyl (C=O) groups is 1. The molecule has 2 N–H and O–H groups in total. The molecule has 17 heavy (non-hydrogen) atoms. The number of hydrogen-bond acceptors (Lipinski definition) is 2. The van der Waals surface area contributed by atoms with E-state index in [-0.39, 0.29) is 0 Å². The molecule has 1 aromatic rings. The number of aliphatic carboxylic acids is 1. The van der Waals surface area contributed by atoms with Crippen LogP contribution in [0.4, 0.5) is 18.9 Å². The summed E-state index contributed by atoms with van der Waals surface area (Å²) >= 11 is 0. The van der Waals surface area contributed by atoms with Crippen LogP contribution in [0.15, 0.2) is 24.3 Å². The molecule has 0 saturated heterocycles. The zero-order valence-electron chi connectivity index (χ0n) is 9.08. The molecular formula is C11H12F3NO2. The van der Waals surface area contributed by atoms with E-state index < -0.39 is 24.6 Å². The number of carboxylic acids is 1. The van der Waals surface area contributed by atoms with Crippen molar-refractivity contribution in [2.75, 3.05) is 11.9 Å². The third-order valence-electron chi connectivity index (χ3n) is 2.22. The number of rotatable bonds is 4. The minimum absolute atomic E-state index is 0.473. The number of nitrogens with one attached hydrogen (secondary N) is 1. The fourth-order valence-corrected chi connectivity index (χ4v) is 1.32. The number of halogens is 3. The molecule has 1 rings (SSSR count). The predicted octanol–water partition coefficient (Wildman–Crippen LogP) is 2.67. The van der Waals surface area contributed by atoms with Crippen molar-refractivity contribution in [3.05, 3.63) is 29.8 Å². The molecule has 0 heterocycles. The summed E-state index contributed by atoms with van der Waals surface area (Å²) in [5.74, 6) is -4.28. The molecule has 0 fully saturated rings. The highest BCUT2D eigenvalue weighted by Gasteiger charge is 2.44. The highest BCUT2D eigenvalue weighted by molar-refractivity contribution is 5.71. The third-order valence-corrected chi connectivity index (χ3v) is 2.22. The Morgan fingerprint density at radius 2 is 2.12 bits per heavy atom. The molecule has 1 atom stereocenters. The van der Waals surface area contributed by atoms with Gasteiger partial charge in [0, 0.05) is 12.2 Å². The van der Waals surface area contributed by atoms with E-state index in [1.807, 2.05) is 0 Å². The summed E-state index contributed by atoms with van der Waals surface area (Å²) in [6, 6.07) is 6.71. The van der Waals surface area contributed by atoms with Gasteiger partial charge in [0.05, 0.1) is 0 Å². The van der Waals surface area contributed by atoms with Crippen LogP contribution in [0.2, 0.25) is 0 Å². The van der Waals surface area contributed by atoms with Crippen LogP contribution in [0, 0.1) is 12.8 Å². The van der Waals surface area contributed by atoms with Crippen LogP contribution >= 0.6 is 0 Å². The maximum absolute atomic E-state index is 12.3. The lowest BCUT2D eigenvalue weighted by Gasteiger charge is -2.17. The van der Waals surface area contributed by atoms with Crippen molar-refractivity contribution in [2.45, 2.75) is 13.1 Å². The summed E-state index contributed by atoms with van der Waals surface area (Å²) in [6.45, 7) is 1.12. The van der Waals surface area contributed by atoms with E-state index >= 15 is 0 Å². The fourth-order valence-electron chi connectivity index (χ4n) is 1.32. The minimum Gasteiger partial charge on any atom is -0.481 e. The third kappa shape index (κ3) is 3.97. The van der Waals surface area contributed by atoms with Crippen LogP contribution in [-0.2, 0) is 4.79 Å². The number of aryl methyl sites for hydroxylation is 1. The number of carboxylic acid groups (broad SMARTS) is 1. The largest absolute Gasteiger partial charge is 0.481 e. The first-order chi connectivity index (χ1) is 7.80. The second-order valence-electron chi connectivity index (χ2n) is 3.68. The van der Waals surface area contributed by atoms with Crippen LogP contribution in [0.25, 0.3) is 0 Å². The van der Waals surface area contributed by atoms with Crippen LogP contribution in [0.1, 0.15) is 5.56 Å². The monoisotopic (exact) mass is 247 g/mol. The Balaban J connectivity index is 2.68. The Kier molecular flexibility index (Phi) is 3.98. The van der Waals surface area contributed by atoms with Crippen molar-refractivity contribution in [2.24, 2.45) is 5.92 Å². The van der Waals surface area contributed by atoms with Crippen LogP contribution < -0.4 is 5.32 Å². The van der Waals surface area contributed by atoms with Gasteiger partial charge in [-0.05, 0) is 24.6 Å². The normalized spacial score (nSPS) is 13.2. The Morgan fingerprint density at radius 1 is 1.47 bits per heavy atom. The quantitative estimate of drug-likeness (QED) is 0.860. The van der Waals surface area contributed by atoms with Gasteiger partial charge >= 0.3 is 12.1 Å². The lowest BCUT2D eigenvalue weighted by molar-refractivity contribution is -0.190. The first kappa shape index (κ1) is 13.3. The molecule has 1 unspecified atom stereocenters. The number of alkyl halides is 3. The van der Waals surface area contributed by atoms with Gasteiger partial charge in [-0.2, -0.15) is 13.2 Å². The molecule has 0 spiro atoms. The minimum atomic E-state index is -4.75. The average Bonchev–Trinajstić information content (AvgIpc) is 2.15. The molecule has 0 saturated carbocycles.